The Bertz CT molecular complexity index is 3610. The molecule has 85 heavy (non-hydrogen) atoms. The zero-order valence-corrected chi connectivity index (χ0v) is 51.6. The van der Waals surface area contributed by atoms with Crippen LogP contribution in [0.25, 0.3) is 0 Å². The maximum absolute atomic E-state index is 14.2. The average molecular weight is 1350 g/mol. The number of carbonyl (C=O) groups excluding carboxylic acids is 3. The molecule has 0 bridgehead atoms. The van der Waals surface area contributed by atoms with Crippen molar-refractivity contribution in [3.8, 4) is 0 Å². The van der Waals surface area contributed by atoms with E-state index in [0.29, 0.717) is 82.8 Å². The molecule has 0 spiro atoms. The van der Waals surface area contributed by atoms with Gasteiger partial charge in [0.05, 0.1) is 43.1 Å². The molecular formula is C56H51BrCl3F5N10O7S3. The van der Waals surface area contributed by atoms with Crippen LogP contribution in [0.5, 0.6) is 0 Å². The smallest absolute Gasteiger partial charge is 0.338 e. The van der Waals surface area contributed by atoms with Crippen molar-refractivity contribution in [3.05, 3.63) is 187 Å². The highest BCUT2D eigenvalue weighted by Crippen LogP contribution is 2.41. The van der Waals surface area contributed by atoms with Crippen molar-refractivity contribution in [2.45, 2.75) is 64.3 Å². The Labute approximate surface area is 519 Å². The summed E-state index contributed by atoms with van der Waals surface area (Å²) in [5, 5.41) is 27.1. The molecule has 0 saturated carbocycles. The van der Waals surface area contributed by atoms with Crippen molar-refractivity contribution < 1.29 is 55.7 Å². The predicted octanol–water partition coefficient (Wildman–Crippen LogP) is 11.6. The van der Waals surface area contributed by atoms with E-state index in [1.165, 1.54) is 87.4 Å². The first-order valence-corrected chi connectivity index (χ1v) is 30.8. The highest BCUT2D eigenvalue weighted by atomic mass is 79.9. The van der Waals surface area contributed by atoms with Gasteiger partial charge in [-0.2, -0.15) is 0 Å². The number of piperidine rings is 1. The van der Waals surface area contributed by atoms with Gasteiger partial charge in [0.1, 0.15) is 41.7 Å². The molecule has 0 amide bonds. The number of allylic oxidation sites excluding steroid dienone is 2. The summed E-state index contributed by atoms with van der Waals surface area (Å²) >= 11 is 26.3. The Morgan fingerprint density at radius 2 is 1.01 bits per heavy atom. The monoisotopic (exact) mass is 1350 g/mol. The number of thiazole rings is 3. The van der Waals surface area contributed by atoms with Gasteiger partial charge in [-0.25, -0.2) is 51.3 Å². The van der Waals surface area contributed by atoms with E-state index in [1.54, 1.807) is 51.7 Å². The molecule has 4 N–H and O–H groups in total. The molecule has 3 aromatic carbocycles. The number of rotatable bonds is 15. The lowest BCUT2D eigenvalue weighted by Crippen LogP contribution is -2.53. The van der Waals surface area contributed by atoms with Crippen LogP contribution in [0.15, 0.2) is 138 Å². The highest BCUT2D eigenvalue weighted by Gasteiger charge is 2.45. The molecule has 0 radical (unpaired) electrons. The molecule has 1 unspecified atom stereocenters. The van der Waals surface area contributed by atoms with Gasteiger partial charge in [-0.15, -0.1) is 34.0 Å². The van der Waals surface area contributed by atoms with Gasteiger partial charge in [-0.3, -0.25) is 19.9 Å². The van der Waals surface area contributed by atoms with E-state index >= 15 is 0 Å². The van der Waals surface area contributed by atoms with Crippen molar-refractivity contribution in [2.75, 3.05) is 44.8 Å². The van der Waals surface area contributed by atoms with Crippen molar-refractivity contribution in [3.63, 3.8) is 0 Å². The number of amidine groups is 3. The average Bonchev–Trinajstić information content (AvgIpc) is 2.24. The van der Waals surface area contributed by atoms with Crippen LogP contribution < -0.4 is 16.0 Å². The van der Waals surface area contributed by atoms with Crippen LogP contribution in [-0.2, 0) is 28.6 Å². The van der Waals surface area contributed by atoms with Crippen molar-refractivity contribution in [1.82, 2.24) is 35.8 Å². The normalized spacial score (nSPS) is 19.3. The Hall–Kier alpha value is -6.49. The Morgan fingerprint density at radius 3 is 1.38 bits per heavy atom. The number of likely N-dealkylation sites (tertiary alicyclic amines) is 1. The number of aliphatic imine (C=N–C) groups is 3. The van der Waals surface area contributed by atoms with Gasteiger partial charge in [-0.1, -0.05) is 68.9 Å². The predicted molar refractivity (Wildman–Crippen MR) is 320 cm³/mol. The first-order valence-electron chi connectivity index (χ1n) is 25.9. The van der Waals surface area contributed by atoms with Crippen LogP contribution in [0.2, 0.25) is 15.1 Å². The molecule has 1 saturated heterocycles. The number of nitrogens with one attached hydrogen (secondary N) is 3. The number of hydrogen-bond donors (Lipinski definition) is 4. The molecular weight excluding hydrogens is 1300 g/mol. The van der Waals surface area contributed by atoms with Gasteiger partial charge >= 0.3 is 17.9 Å². The van der Waals surface area contributed by atoms with Gasteiger partial charge < -0.3 is 35.3 Å². The fourth-order valence-corrected chi connectivity index (χ4v) is 12.0. The number of benzene rings is 3. The summed E-state index contributed by atoms with van der Waals surface area (Å²) in [6.45, 7) is 6.87. The molecule has 1 fully saturated rings. The van der Waals surface area contributed by atoms with Gasteiger partial charge in [0, 0.05) is 102 Å². The number of aromatic nitrogens is 3. The van der Waals surface area contributed by atoms with Crippen LogP contribution in [0.4, 0.5) is 22.0 Å². The Morgan fingerprint density at radius 1 is 0.635 bits per heavy atom. The quantitative estimate of drug-likeness (QED) is 0.0326. The Kier molecular flexibility index (Phi) is 22.2. The Balaban J connectivity index is 0.000000169. The number of halogens is 9. The minimum Gasteiger partial charge on any atom is -0.463 e. The molecule has 10 rings (SSSR count). The van der Waals surface area contributed by atoms with Crippen LogP contribution in [-0.4, -0.2) is 117 Å². The number of nitrogens with zero attached hydrogens (tertiary/aromatic N) is 7. The molecule has 7 heterocycles. The fourth-order valence-electron chi connectivity index (χ4n) is 9.02. The summed E-state index contributed by atoms with van der Waals surface area (Å²) in [6.07, 6.45) is 3.09. The van der Waals surface area contributed by atoms with Crippen LogP contribution in [0.3, 0.4) is 0 Å². The first kappa shape index (κ1) is 64.5. The van der Waals surface area contributed by atoms with E-state index in [9.17, 15) is 41.4 Å². The number of ether oxygens (including phenoxy) is 3. The van der Waals surface area contributed by atoms with E-state index in [0.717, 1.165) is 6.07 Å². The van der Waals surface area contributed by atoms with Crippen LogP contribution in [0.1, 0.15) is 84.0 Å². The molecule has 4 aliphatic rings. The van der Waals surface area contributed by atoms with E-state index in [2.05, 4.69) is 61.8 Å². The van der Waals surface area contributed by atoms with Crippen LogP contribution >= 0.6 is 84.7 Å². The fraction of sp³-hybridized carbons (Fsp3) is 0.304. The van der Waals surface area contributed by atoms with Crippen LogP contribution in [0, 0.1) is 17.5 Å². The van der Waals surface area contributed by atoms with Crippen molar-refractivity contribution in [2.24, 2.45) is 15.0 Å². The van der Waals surface area contributed by atoms with Gasteiger partial charge in [0.2, 0.25) is 0 Å². The number of aliphatic hydroxyl groups excluding tert-OH is 1. The third-order valence-electron chi connectivity index (χ3n) is 12.8. The number of carbonyl (C=O) groups is 3. The SMILES string of the molecule is CCOC(=O)C1=C(C)NC(c2nccs2)=N[C@H]1c1ccc(F)cc1Cl.CCOC(=O)C1=C(CBr)NC(c2nccs2)=N[C@H]1c1ccc(F)cc1Cl.CCOC(=O)C1=C(CN2CCC(O)C(F)(F)C2)NC(c2nccs2)=N[C@H]1c1ccc(F)cc1Cl. The molecule has 29 heteroatoms. The summed E-state index contributed by atoms with van der Waals surface area (Å²) in [5.41, 5.74) is 3.68. The van der Waals surface area contributed by atoms with E-state index in [4.69, 9.17) is 49.0 Å². The third-order valence-corrected chi connectivity index (χ3v) is 16.7. The van der Waals surface area contributed by atoms with E-state index in [1.807, 2.05) is 10.8 Å². The lowest BCUT2D eigenvalue weighted by Gasteiger charge is -2.37. The summed E-state index contributed by atoms with van der Waals surface area (Å²) in [5.74, 6) is -5.05. The second kappa shape index (κ2) is 29.3. The van der Waals surface area contributed by atoms with E-state index in [-0.39, 0.29) is 60.0 Å². The molecule has 6 aromatic rings. The third kappa shape index (κ3) is 15.6. The number of hydrogen-bond acceptors (Lipinski definition) is 20. The standard InChI is InChI=1S/C22H22ClF3N4O3S.C17H14BrClFN3O2S.C17H15ClFN3O2S/c1-2-33-21(32)17-15(10-30-7-5-16(31)22(25,26)11-30)28-19(20-27-6-8-34-20)29-18(17)13-4-3-12(24)9-14(13)23;1-2-25-17(24)13-12(8-18)22-15(16-21-5-6-26-16)23-14(13)10-4-3-9(20)7-11(10)19;1-3-24-17(23)13-9(2)21-15(16-20-6-7-25-16)22-14(13)11-5-4-10(19)8-12(11)18/h3-4,6,8-9,16,18,31H,2,5,7,10-11H2,1H3,(H,28,29);3-7,14H,2,8H2,1H3,(H,22,23);4-8,14H,3H2,1-2H3,(H,21,22)/t16?,18-;2*14-/m000/s1. The van der Waals surface area contributed by atoms with Gasteiger partial charge in [0.25, 0.3) is 5.92 Å². The number of aliphatic hydroxyl groups is 1. The molecule has 448 valence electrons. The molecule has 0 aliphatic carbocycles. The largest absolute Gasteiger partial charge is 0.463 e. The number of esters is 3. The van der Waals surface area contributed by atoms with Crippen molar-refractivity contribution in [1.29, 1.82) is 0 Å². The lowest BCUT2D eigenvalue weighted by molar-refractivity contribution is -0.148. The zero-order valence-electron chi connectivity index (χ0n) is 45.3. The topological polar surface area (TPSA) is 214 Å². The van der Waals surface area contributed by atoms with E-state index < -0.39 is 72.1 Å². The van der Waals surface area contributed by atoms with Crippen molar-refractivity contribution >= 4 is 120 Å². The summed E-state index contributed by atoms with van der Waals surface area (Å²) in [7, 11) is 0. The summed E-state index contributed by atoms with van der Waals surface area (Å²) in [4.78, 5) is 66.2. The molecule has 17 nitrogen and oxygen atoms in total. The molecule has 4 atom stereocenters. The lowest BCUT2D eigenvalue weighted by atomic mass is 9.94. The van der Waals surface area contributed by atoms with Gasteiger partial charge in [0.15, 0.2) is 32.5 Å². The first-order chi connectivity index (χ1) is 40.7. The summed E-state index contributed by atoms with van der Waals surface area (Å²) < 4.78 is 84.7. The molecule has 4 aliphatic heterocycles. The summed E-state index contributed by atoms with van der Waals surface area (Å²) in [6, 6.07) is 9.40. The second-order valence-electron chi connectivity index (χ2n) is 18.4. The number of alkyl halides is 3. The maximum Gasteiger partial charge on any atom is 0.338 e. The minimum atomic E-state index is -3.29. The second-order valence-corrected chi connectivity index (χ2v) is 22.9. The minimum absolute atomic E-state index is 0.0583. The zero-order chi connectivity index (χ0) is 61.1. The molecule has 3 aromatic heterocycles. The van der Waals surface area contributed by atoms with Gasteiger partial charge in [-0.05, 0) is 70.5 Å². The maximum atomic E-state index is 14.2. The highest BCUT2D eigenvalue weighted by molar-refractivity contribution is 9.09.